The summed E-state index contributed by atoms with van der Waals surface area (Å²) in [4.78, 5) is 25.4. The maximum Gasteiger partial charge on any atom is 0.323 e. The SMILES string of the molecule is CCC1CCNC(C(=O)N(CC(=O)O)C2CCCC2)C1. The zero-order chi connectivity index (χ0) is 14.5. The van der Waals surface area contributed by atoms with E-state index >= 15 is 0 Å². The molecule has 2 fully saturated rings. The Morgan fingerprint density at radius 2 is 1.95 bits per heavy atom. The van der Waals surface area contributed by atoms with Crippen LogP contribution in [0.2, 0.25) is 0 Å². The predicted molar refractivity (Wildman–Crippen MR) is 76.4 cm³/mol. The molecular weight excluding hydrogens is 256 g/mol. The van der Waals surface area contributed by atoms with Crippen molar-refractivity contribution in [1.29, 1.82) is 0 Å². The molecule has 0 bridgehead atoms. The van der Waals surface area contributed by atoms with Crippen LogP contribution in [0, 0.1) is 5.92 Å². The van der Waals surface area contributed by atoms with Crippen LogP contribution in [0.15, 0.2) is 0 Å². The van der Waals surface area contributed by atoms with Gasteiger partial charge in [0, 0.05) is 6.04 Å². The normalized spacial score (nSPS) is 27.4. The number of aliphatic carboxylic acids is 1. The van der Waals surface area contributed by atoms with E-state index in [1.807, 2.05) is 0 Å². The molecule has 1 heterocycles. The van der Waals surface area contributed by atoms with Crippen molar-refractivity contribution in [2.45, 2.75) is 64.0 Å². The first-order chi connectivity index (χ1) is 9.61. The third-order valence-corrected chi connectivity index (χ3v) is 4.74. The minimum absolute atomic E-state index is 0.00236. The molecule has 114 valence electrons. The topological polar surface area (TPSA) is 69.6 Å². The van der Waals surface area contributed by atoms with E-state index in [0.717, 1.165) is 51.5 Å². The van der Waals surface area contributed by atoms with Gasteiger partial charge in [-0.25, -0.2) is 0 Å². The summed E-state index contributed by atoms with van der Waals surface area (Å²) in [5.41, 5.74) is 0. The summed E-state index contributed by atoms with van der Waals surface area (Å²) in [6, 6.07) is -0.0592. The van der Waals surface area contributed by atoms with Crippen molar-refractivity contribution >= 4 is 11.9 Å². The third kappa shape index (κ3) is 3.72. The van der Waals surface area contributed by atoms with Crippen molar-refractivity contribution in [3.63, 3.8) is 0 Å². The third-order valence-electron chi connectivity index (χ3n) is 4.74. The van der Waals surface area contributed by atoms with Gasteiger partial charge in [-0.3, -0.25) is 9.59 Å². The van der Waals surface area contributed by atoms with Crippen molar-refractivity contribution in [2.24, 2.45) is 5.92 Å². The molecule has 1 saturated carbocycles. The highest BCUT2D eigenvalue weighted by Gasteiger charge is 2.34. The van der Waals surface area contributed by atoms with E-state index in [9.17, 15) is 9.59 Å². The number of amides is 1. The van der Waals surface area contributed by atoms with Crippen molar-refractivity contribution in [2.75, 3.05) is 13.1 Å². The van der Waals surface area contributed by atoms with Crippen LogP contribution in [0.5, 0.6) is 0 Å². The number of carboxylic acid groups (broad SMARTS) is 1. The van der Waals surface area contributed by atoms with Gasteiger partial charge in [-0.1, -0.05) is 26.2 Å². The van der Waals surface area contributed by atoms with Crippen molar-refractivity contribution in [3.8, 4) is 0 Å². The summed E-state index contributed by atoms with van der Waals surface area (Å²) in [7, 11) is 0. The largest absolute Gasteiger partial charge is 0.480 e. The molecule has 0 radical (unpaired) electrons. The van der Waals surface area contributed by atoms with Gasteiger partial charge in [-0.05, 0) is 38.1 Å². The number of carboxylic acids is 1. The number of piperidine rings is 1. The Bertz CT molecular complexity index is 353. The molecule has 1 amide bonds. The van der Waals surface area contributed by atoms with Gasteiger partial charge in [-0.2, -0.15) is 0 Å². The van der Waals surface area contributed by atoms with Gasteiger partial charge < -0.3 is 15.3 Å². The zero-order valence-electron chi connectivity index (χ0n) is 12.3. The second kappa shape index (κ2) is 7.07. The van der Waals surface area contributed by atoms with Crippen LogP contribution >= 0.6 is 0 Å². The summed E-state index contributed by atoms with van der Waals surface area (Å²) >= 11 is 0. The Balaban J connectivity index is 2.02. The second-order valence-corrected chi connectivity index (χ2v) is 6.10. The van der Waals surface area contributed by atoms with E-state index in [1.165, 1.54) is 0 Å². The number of nitrogens with one attached hydrogen (secondary N) is 1. The lowest BCUT2D eigenvalue weighted by Gasteiger charge is -2.35. The quantitative estimate of drug-likeness (QED) is 0.804. The predicted octanol–water partition coefficient (Wildman–Crippen LogP) is 1.62. The first kappa shape index (κ1) is 15.3. The highest BCUT2D eigenvalue weighted by atomic mass is 16.4. The molecular formula is C15H26N2O3. The molecule has 0 spiro atoms. The smallest absolute Gasteiger partial charge is 0.323 e. The van der Waals surface area contributed by atoms with Crippen LogP contribution in [0.3, 0.4) is 0 Å². The number of carbonyl (C=O) groups excluding carboxylic acids is 1. The number of carbonyl (C=O) groups is 2. The van der Waals surface area contributed by atoms with Crippen molar-refractivity contribution < 1.29 is 14.7 Å². The van der Waals surface area contributed by atoms with Gasteiger partial charge >= 0.3 is 5.97 Å². The number of rotatable bonds is 5. The molecule has 2 unspecified atom stereocenters. The number of hydrogen-bond acceptors (Lipinski definition) is 3. The van der Waals surface area contributed by atoms with E-state index in [4.69, 9.17) is 5.11 Å². The fourth-order valence-electron chi connectivity index (χ4n) is 3.50. The van der Waals surface area contributed by atoms with Crippen LogP contribution in [0.25, 0.3) is 0 Å². The van der Waals surface area contributed by atoms with Gasteiger partial charge in [0.2, 0.25) is 5.91 Å². The molecule has 2 atom stereocenters. The average Bonchev–Trinajstić information content (AvgIpc) is 2.98. The minimum atomic E-state index is -0.909. The van der Waals surface area contributed by atoms with Crippen LogP contribution in [0.4, 0.5) is 0 Å². The van der Waals surface area contributed by atoms with Crippen LogP contribution in [0.1, 0.15) is 51.9 Å². The Kier molecular flexibility index (Phi) is 5.40. The van der Waals surface area contributed by atoms with Crippen LogP contribution < -0.4 is 5.32 Å². The maximum absolute atomic E-state index is 12.7. The summed E-state index contributed by atoms with van der Waals surface area (Å²) in [5.74, 6) is -0.328. The molecule has 1 saturated heterocycles. The summed E-state index contributed by atoms with van der Waals surface area (Å²) in [6.07, 6.45) is 7.15. The Hall–Kier alpha value is -1.10. The van der Waals surface area contributed by atoms with E-state index in [2.05, 4.69) is 12.2 Å². The molecule has 5 nitrogen and oxygen atoms in total. The lowest BCUT2D eigenvalue weighted by Crippen LogP contribution is -2.54. The Morgan fingerprint density at radius 3 is 2.55 bits per heavy atom. The second-order valence-electron chi connectivity index (χ2n) is 6.10. The lowest BCUT2D eigenvalue weighted by molar-refractivity contribution is -0.147. The fraction of sp³-hybridized carbons (Fsp3) is 0.867. The van der Waals surface area contributed by atoms with E-state index in [1.54, 1.807) is 4.90 Å². The number of nitrogens with zero attached hydrogens (tertiary/aromatic N) is 1. The van der Waals surface area contributed by atoms with Gasteiger partial charge in [-0.15, -0.1) is 0 Å². The summed E-state index contributed by atoms with van der Waals surface area (Å²) in [6.45, 7) is 2.86. The van der Waals surface area contributed by atoms with Gasteiger partial charge in [0.25, 0.3) is 0 Å². The molecule has 1 aliphatic heterocycles. The van der Waals surface area contributed by atoms with Crippen molar-refractivity contribution in [3.05, 3.63) is 0 Å². The minimum Gasteiger partial charge on any atom is -0.480 e. The highest BCUT2D eigenvalue weighted by molar-refractivity contribution is 5.85. The fourth-order valence-corrected chi connectivity index (χ4v) is 3.50. The molecule has 20 heavy (non-hydrogen) atoms. The van der Waals surface area contributed by atoms with E-state index in [0.29, 0.717) is 5.92 Å². The van der Waals surface area contributed by atoms with E-state index < -0.39 is 5.97 Å². The van der Waals surface area contributed by atoms with Crippen LogP contribution in [-0.2, 0) is 9.59 Å². The lowest BCUT2D eigenvalue weighted by atomic mass is 9.89. The zero-order valence-corrected chi connectivity index (χ0v) is 12.3. The highest BCUT2D eigenvalue weighted by Crippen LogP contribution is 2.26. The molecule has 0 aromatic heterocycles. The number of hydrogen-bond donors (Lipinski definition) is 2. The van der Waals surface area contributed by atoms with Gasteiger partial charge in [0.05, 0.1) is 6.04 Å². The molecule has 2 N–H and O–H groups in total. The molecule has 2 aliphatic rings. The first-order valence-corrected chi connectivity index (χ1v) is 7.87. The van der Waals surface area contributed by atoms with Gasteiger partial charge in [0.1, 0.15) is 6.54 Å². The maximum atomic E-state index is 12.7. The Labute approximate surface area is 120 Å². The molecule has 0 aromatic rings. The van der Waals surface area contributed by atoms with E-state index in [-0.39, 0.29) is 24.5 Å². The standard InChI is InChI=1S/C15H26N2O3/c1-2-11-7-8-16-13(9-11)15(20)17(10-14(18)19)12-5-3-4-6-12/h11-13,16H,2-10H2,1H3,(H,18,19). The van der Waals surface area contributed by atoms with Crippen molar-refractivity contribution in [1.82, 2.24) is 10.2 Å². The average molecular weight is 282 g/mol. The first-order valence-electron chi connectivity index (χ1n) is 7.87. The molecule has 0 aromatic carbocycles. The summed E-state index contributed by atoms with van der Waals surface area (Å²) < 4.78 is 0. The summed E-state index contributed by atoms with van der Waals surface area (Å²) in [5, 5.41) is 12.4. The molecule has 2 rings (SSSR count). The van der Waals surface area contributed by atoms with Gasteiger partial charge in [0.15, 0.2) is 0 Å². The molecule has 1 aliphatic carbocycles. The molecule has 5 heteroatoms. The van der Waals surface area contributed by atoms with Crippen LogP contribution in [-0.4, -0.2) is 47.1 Å². The Morgan fingerprint density at radius 1 is 1.25 bits per heavy atom. The monoisotopic (exact) mass is 282 g/mol.